The molecular formula is C11H11ClN2OS2. The first-order valence-electron chi connectivity index (χ1n) is 4.90. The first kappa shape index (κ1) is 12.4. The fraction of sp³-hybridized carbons (Fsp3) is 0.182. The monoisotopic (exact) mass is 286 g/mol. The summed E-state index contributed by atoms with van der Waals surface area (Å²) in [4.78, 5) is 15.4. The second kappa shape index (κ2) is 5.08. The maximum absolute atomic E-state index is 12.1. The summed E-state index contributed by atoms with van der Waals surface area (Å²) in [7, 11) is 1.76. The number of carbonyl (C=O) groups is 1. The van der Waals surface area contributed by atoms with Gasteiger partial charge in [-0.3, -0.25) is 4.79 Å². The molecule has 0 aliphatic heterocycles. The summed E-state index contributed by atoms with van der Waals surface area (Å²) in [6.45, 7) is 0.549. The van der Waals surface area contributed by atoms with Gasteiger partial charge in [0.05, 0.1) is 16.6 Å². The number of carbonyl (C=O) groups excluding carboxylic acids is 1. The van der Waals surface area contributed by atoms with E-state index in [2.05, 4.69) is 0 Å². The van der Waals surface area contributed by atoms with Gasteiger partial charge in [-0.1, -0.05) is 11.6 Å². The smallest absolute Gasteiger partial charge is 0.266 e. The van der Waals surface area contributed by atoms with Crippen molar-refractivity contribution in [3.63, 3.8) is 0 Å². The molecule has 6 heteroatoms. The lowest BCUT2D eigenvalue weighted by Gasteiger charge is -2.15. The minimum absolute atomic E-state index is 0.0537. The molecule has 0 atom stereocenters. The third-order valence-electron chi connectivity index (χ3n) is 2.26. The van der Waals surface area contributed by atoms with Crippen molar-refractivity contribution in [3.05, 3.63) is 37.7 Å². The van der Waals surface area contributed by atoms with Crippen LogP contribution in [0.5, 0.6) is 0 Å². The number of halogens is 1. The van der Waals surface area contributed by atoms with Crippen molar-refractivity contribution in [1.82, 2.24) is 4.90 Å². The van der Waals surface area contributed by atoms with Gasteiger partial charge in [-0.2, -0.15) is 0 Å². The molecule has 90 valence electrons. The van der Waals surface area contributed by atoms with Gasteiger partial charge in [0.15, 0.2) is 0 Å². The van der Waals surface area contributed by atoms with E-state index in [1.165, 1.54) is 22.7 Å². The van der Waals surface area contributed by atoms with Crippen LogP contribution in [-0.4, -0.2) is 17.9 Å². The van der Waals surface area contributed by atoms with Crippen molar-refractivity contribution in [2.75, 3.05) is 12.8 Å². The Morgan fingerprint density at radius 2 is 2.24 bits per heavy atom. The molecule has 0 spiro atoms. The van der Waals surface area contributed by atoms with Crippen molar-refractivity contribution in [2.45, 2.75) is 6.54 Å². The van der Waals surface area contributed by atoms with Gasteiger partial charge in [-0.05, 0) is 23.6 Å². The Bertz CT molecular complexity index is 535. The number of hydrogen-bond acceptors (Lipinski definition) is 4. The third kappa shape index (κ3) is 2.80. The molecule has 0 fully saturated rings. The number of anilines is 1. The molecule has 0 aliphatic carbocycles. The normalized spacial score (nSPS) is 10.5. The van der Waals surface area contributed by atoms with Gasteiger partial charge < -0.3 is 10.6 Å². The number of thiophene rings is 2. The molecule has 0 aromatic carbocycles. The van der Waals surface area contributed by atoms with E-state index in [9.17, 15) is 4.79 Å². The third-order valence-corrected chi connectivity index (χ3v) is 4.39. The highest BCUT2D eigenvalue weighted by Gasteiger charge is 2.16. The minimum Gasteiger partial charge on any atom is -0.397 e. The van der Waals surface area contributed by atoms with Gasteiger partial charge >= 0.3 is 0 Å². The zero-order chi connectivity index (χ0) is 12.4. The quantitative estimate of drug-likeness (QED) is 0.941. The van der Waals surface area contributed by atoms with Crippen molar-refractivity contribution in [3.8, 4) is 0 Å². The maximum Gasteiger partial charge on any atom is 0.266 e. The van der Waals surface area contributed by atoms with Crippen molar-refractivity contribution in [1.29, 1.82) is 0 Å². The summed E-state index contributed by atoms with van der Waals surface area (Å²) in [5.74, 6) is -0.0537. The molecule has 0 saturated heterocycles. The average Bonchev–Trinajstić information content (AvgIpc) is 2.86. The number of amides is 1. The standard InChI is InChI=1S/C11H11ClN2OS2/c1-14(6-7-2-3-9(12)17-7)11(15)10-8(13)4-5-16-10/h2-5H,6,13H2,1H3. The van der Waals surface area contributed by atoms with Crippen molar-refractivity contribution in [2.24, 2.45) is 0 Å². The Balaban J connectivity index is 2.08. The van der Waals surface area contributed by atoms with Gasteiger partial charge in [0.1, 0.15) is 4.88 Å². The fourth-order valence-electron chi connectivity index (χ4n) is 1.41. The molecule has 2 N–H and O–H groups in total. The summed E-state index contributed by atoms with van der Waals surface area (Å²) in [5.41, 5.74) is 6.26. The molecule has 3 nitrogen and oxygen atoms in total. The van der Waals surface area contributed by atoms with Crippen LogP contribution in [0.1, 0.15) is 14.5 Å². The molecule has 0 saturated carbocycles. The molecule has 0 bridgehead atoms. The van der Waals surface area contributed by atoms with Gasteiger partial charge in [-0.25, -0.2) is 0 Å². The van der Waals surface area contributed by atoms with Gasteiger partial charge in [0.25, 0.3) is 5.91 Å². The summed E-state index contributed by atoms with van der Waals surface area (Å²) < 4.78 is 0.733. The van der Waals surface area contributed by atoms with Crippen LogP contribution < -0.4 is 5.73 Å². The lowest BCUT2D eigenvalue weighted by Crippen LogP contribution is -2.25. The van der Waals surface area contributed by atoms with E-state index < -0.39 is 0 Å². The van der Waals surface area contributed by atoms with E-state index in [0.717, 1.165) is 9.21 Å². The van der Waals surface area contributed by atoms with Crippen LogP contribution >= 0.6 is 34.3 Å². The second-order valence-corrected chi connectivity index (χ2v) is 6.29. The van der Waals surface area contributed by atoms with Crippen LogP contribution in [0, 0.1) is 0 Å². The predicted molar refractivity (Wildman–Crippen MR) is 73.9 cm³/mol. The van der Waals surface area contributed by atoms with Crippen LogP contribution in [0.4, 0.5) is 5.69 Å². The Morgan fingerprint density at radius 1 is 1.47 bits per heavy atom. The lowest BCUT2D eigenvalue weighted by molar-refractivity contribution is 0.0792. The van der Waals surface area contributed by atoms with Crippen LogP contribution in [0.15, 0.2) is 23.6 Å². The van der Waals surface area contributed by atoms with E-state index in [1.54, 1.807) is 18.0 Å². The molecule has 0 unspecified atom stereocenters. The summed E-state index contributed by atoms with van der Waals surface area (Å²) in [6, 6.07) is 5.50. The largest absolute Gasteiger partial charge is 0.397 e. The van der Waals surface area contributed by atoms with Crippen LogP contribution in [0.2, 0.25) is 4.34 Å². The van der Waals surface area contributed by atoms with Gasteiger partial charge in [-0.15, -0.1) is 22.7 Å². The van der Waals surface area contributed by atoms with Crippen LogP contribution in [0.3, 0.4) is 0 Å². The Kier molecular flexibility index (Phi) is 3.71. The van der Waals surface area contributed by atoms with Crippen LogP contribution in [0.25, 0.3) is 0 Å². The number of hydrogen-bond donors (Lipinski definition) is 1. The van der Waals surface area contributed by atoms with E-state index in [-0.39, 0.29) is 5.91 Å². The highest BCUT2D eigenvalue weighted by molar-refractivity contribution is 7.16. The number of nitrogens with two attached hydrogens (primary N) is 1. The Hall–Kier alpha value is -1.04. The molecule has 17 heavy (non-hydrogen) atoms. The molecule has 1 amide bonds. The predicted octanol–water partition coefficient (Wildman–Crippen LogP) is 3.32. The van der Waals surface area contributed by atoms with Gasteiger partial charge in [0.2, 0.25) is 0 Å². The maximum atomic E-state index is 12.1. The van der Waals surface area contributed by atoms with E-state index in [4.69, 9.17) is 17.3 Å². The topological polar surface area (TPSA) is 46.3 Å². The van der Waals surface area contributed by atoms with Crippen molar-refractivity contribution >= 4 is 45.9 Å². The summed E-state index contributed by atoms with van der Waals surface area (Å²) in [6.07, 6.45) is 0. The number of nitrogens with zero attached hydrogens (tertiary/aromatic N) is 1. The Morgan fingerprint density at radius 3 is 2.76 bits per heavy atom. The van der Waals surface area contributed by atoms with E-state index in [0.29, 0.717) is 17.1 Å². The fourth-order valence-corrected chi connectivity index (χ4v) is 3.36. The zero-order valence-electron chi connectivity index (χ0n) is 9.14. The molecular weight excluding hydrogens is 276 g/mol. The lowest BCUT2D eigenvalue weighted by atomic mass is 10.3. The van der Waals surface area contributed by atoms with E-state index in [1.807, 2.05) is 17.5 Å². The first-order valence-corrected chi connectivity index (χ1v) is 6.98. The molecule has 0 radical (unpaired) electrons. The summed E-state index contributed by atoms with van der Waals surface area (Å²) in [5, 5.41) is 1.82. The summed E-state index contributed by atoms with van der Waals surface area (Å²) >= 11 is 8.69. The van der Waals surface area contributed by atoms with E-state index >= 15 is 0 Å². The number of rotatable bonds is 3. The van der Waals surface area contributed by atoms with Gasteiger partial charge in [0, 0.05) is 11.9 Å². The van der Waals surface area contributed by atoms with Crippen LogP contribution in [-0.2, 0) is 6.54 Å². The SMILES string of the molecule is CN(Cc1ccc(Cl)s1)C(=O)c1sccc1N. The molecule has 2 rings (SSSR count). The molecule has 2 heterocycles. The Labute approximate surface area is 112 Å². The highest BCUT2D eigenvalue weighted by Crippen LogP contribution is 2.24. The highest BCUT2D eigenvalue weighted by atomic mass is 35.5. The molecule has 2 aromatic heterocycles. The minimum atomic E-state index is -0.0537. The zero-order valence-corrected chi connectivity index (χ0v) is 11.5. The average molecular weight is 287 g/mol. The van der Waals surface area contributed by atoms with Crippen molar-refractivity contribution < 1.29 is 4.79 Å². The second-order valence-electron chi connectivity index (χ2n) is 3.57. The first-order chi connectivity index (χ1) is 8.08. The number of nitrogen functional groups attached to an aromatic ring is 1. The molecule has 2 aromatic rings. The molecule has 0 aliphatic rings.